The third-order valence-electron chi connectivity index (χ3n) is 8.15. The SMILES string of the molecule is CC(C)n1nc(C(=O)NC2CC3CCC(C2)N3CC2CCOCC2)c2ccccc21.O=C(O)C(O)C(O)C(=O)O. The van der Waals surface area contributed by atoms with E-state index in [0.717, 1.165) is 42.9 Å². The van der Waals surface area contributed by atoms with Crippen molar-refractivity contribution < 1.29 is 39.5 Å². The van der Waals surface area contributed by atoms with E-state index in [0.29, 0.717) is 17.8 Å². The average molecular weight is 561 g/mol. The molecule has 0 saturated carbocycles. The predicted molar refractivity (Wildman–Crippen MR) is 145 cm³/mol. The highest BCUT2D eigenvalue weighted by Gasteiger charge is 2.42. The van der Waals surface area contributed by atoms with E-state index in [1.165, 1.54) is 32.2 Å². The Morgan fingerprint density at radius 2 is 1.55 bits per heavy atom. The molecule has 12 nitrogen and oxygen atoms in total. The summed E-state index contributed by atoms with van der Waals surface area (Å²) in [6.45, 7) is 7.26. The van der Waals surface area contributed by atoms with Crippen molar-refractivity contribution in [3.63, 3.8) is 0 Å². The van der Waals surface area contributed by atoms with Gasteiger partial charge in [0.05, 0.1) is 5.52 Å². The average Bonchev–Trinajstić information content (AvgIpc) is 3.43. The minimum Gasteiger partial charge on any atom is -0.479 e. The molecule has 2 bridgehead atoms. The number of piperidine rings is 1. The van der Waals surface area contributed by atoms with Crippen LogP contribution in [0.1, 0.15) is 68.9 Å². The molecule has 3 fully saturated rings. The first-order valence-corrected chi connectivity index (χ1v) is 14.0. The number of carboxylic acid groups (broad SMARTS) is 2. The fraction of sp³-hybridized carbons (Fsp3) is 0.643. The molecule has 5 N–H and O–H groups in total. The maximum Gasteiger partial charge on any atom is 0.335 e. The molecule has 1 amide bonds. The zero-order chi connectivity index (χ0) is 29.0. The van der Waals surface area contributed by atoms with Gasteiger partial charge in [-0.3, -0.25) is 14.4 Å². The number of para-hydroxylation sites is 1. The number of aliphatic hydroxyl groups excluding tert-OH is 2. The smallest absolute Gasteiger partial charge is 0.335 e. The Morgan fingerprint density at radius 3 is 2.10 bits per heavy atom. The highest BCUT2D eigenvalue weighted by atomic mass is 16.5. The lowest BCUT2D eigenvalue weighted by Crippen LogP contribution is -2.51. The molecule has 0 spiro atoms. The number of carboxylic acids is 2. The summed E-state index contributed by atoms with van der Waals surface area (Å²) in [5.41, 5.74) is 1.60. The molecule has 220 valence electrons. The Kier molecular flexibility index (Phi) is 9.77. The van der Waals surface area contributed by atoms with Crippen LogP contribution in [0.5, 0.6) is 0 Å². The van der Waals surface area contributed by atoms with Gasteiger partial charge in [-0.25, -0.2) is 9.59 Å². The number of aliphatic carboxylic acids is 2. The van der Waals surface area contributed by atoms with Gasteiger partial charge < -0.3 is 30.5 Å². The number of rotatable bonds is 8. The van der Waals surface area contributed by atoms with Gasteiger partial charge in [-0.15, -0.1) is 0 Å². The molecule has 1 aromatic heterocycles. The number of nitrogens with one attached hydrogen (secondary N) is 1. The molecule has 1 aromatic carbocycles. The van der Waals surface area contributed by atoms with E-state index in [4.69, 9.17) is 25.2 Å². The van der Waals surface area contributed by atoms with E-state index in [1.54, 1.807) is 0 Å². The Balaban J connectivity index is 0.000000318. The topological polar surface area (TPSA) is 174 Å². The fourth-order valence-electron chi connectivity index (χ4n) is 6.09. The Bertz CT molecular complexity index is 1160. The summed E-state index contributed by atoms with van der Waals surface area (Å²) in [5.74, 6) is -2.78. The molecule has 3 aliphatic rings. The number of amides is 1. The molecule has 4 atom stereocenters. The van der Waals surface area contributed by atoms with E-state index in [2.05, 4.69) is 29.2 Å². The normalized spacial score (nSPS) is 24.8. The monoisotopic (exact) mass is 560 g/mol. The molecule has 3 aliphatic heterocycles. The number of benzene rings is 1. The summed E-state index contributed by atoms with van der Waals surface area (Å²) in [4.78, 5) is 35.5. The number of hydrogen-bond acceptors (Lipinski definition) is 8. The molecule has 0 aliphatic carbocycles. The Hall–Kier alpha value is -3.06. The number of carbonyl (C=O) groups excluding carboxylic acids is 1. The van der Waals surface area contributed by atoms with Gasteiger partial charge in [-0.05, 0) is 64.4 Å². The third kappa shape index (κ3) is 6.80. The summed E-state index contributed by atoms with van der Waals surface area (Å²) in [6, 6.07) is 9.76. The van der Waals surface area contributed by atoms with Crippen LogP contribution in [0.15, 0.2) is 24.3 Å². The highest BCUT2D eigenvalue weighted by molar-refractivity contribution is 6.05. The minimum atomic E-state index is -2.27. The number of aliphatic hydroxyl groups is 2. The molecule has 2 aromatic rings. The van der Waals surface area contributed by atoms with Crippen LogP contribution in [0.2, 0.25) is 0 Å². The number of fused-ring (bicyclic) bond motifs is 3. The van der Waals surface area contributed by atoms with E-state index in [-0.39, 0.29) is 18.0 Å². The molecule has 40 heavy (non-hydrogen) atoms. The van der Waals surface area contributed by atoms with Crippen LogP contribution in [-0.4, -0.2) is 103 Å². The molecular weight excluding hydrogens is 520 g/mol. The standard InChI is InChI=1S/C24H34N4O2.C4H6O6/c1-16(2)28-22-6-4-3-5-21(22)23(26-28)24(29)25-18-13-19-7-8-20(14-18)27(19)15-17-9-11-30-12-10-17;5-1(3(7)8)2(6)4(9)10/h3-6,16-20H,7-15H2,1-2H3,(H,25,29);1-2,5-6H,(H,7,8)(H,9,10). The third-order valence-corrected chi connectivity index (χ3v) is 8.15. The number of aromatic nitrogens is 2. The zero-order valence-corrected chi connectivity index (χ0v) is 23.0. The van der Waals surface area contributed by atoms with E-state index >= 15 is 0 Å². The van der Waals surface area contributed by atoms with Crippen molar-refractivity contribution in [3.8, 4) is 0 Å². The van der Waals surface area contributed by atoms with Crippen LogP contribution in [0.3, 0.4) is 0 Å². The van der Waals surface area contributed by atoms with Crippen molar-refractivity contribution in [2.45, 2.75) is 88.7 Å². The van der Waals surface area contributed by atoms with Gasteiger partial charge in [0.1, 0.15) is 0 Å². The zero-order valence-electron chi connectivity index (χ0n) is 23.0. The predicted octanol–water partition coefficient (Wildman–Crippen LogP) is 1.65. The van der Waals surface area contributed by atoms with E-state index in [9.17, 15) is 14.4 Å². The summed E-state index contributed by atoms with van der Waals surface area (Å²) >= 11 is 0. The number of nitrogens with zero attached hydrogens (tertiary/aromatic N) is 3. The number of carbonyl (C=O) groups is 3. The van der Waals surface area contributed by atoms with E-state index in [1.807, 2.05) is 28.9 Å². The largest absolute Gasteiger partial charge is 0.479 e. The van der Waals surface area contributed by atoms with Crippen LogP contribution in [0.25, 0.3) is 10.9 Å². The quantitative estimate of drug-likeness (QED) is 0.319. The summed E-state index contributed by atoms with van der Waals surface area (Å²) < 4.78 is 7.50. The molecule has 5 rings (SSSR count). The maximum atomic E-state index is 13.2. The second-order valence-corrected chi connectivity index (χ2v) is 11.2. The van der Waals surface area contributed by atoms with Gasteiger partial charge in [0.25, 0.3) is 5.91 Å². The second kappa shape index (κ2) is 13.1. The lowest BCUT2D eigenvalue weighted by Gasteiger charge is -2.41. The number of hydrogen-bond donors (Lipinski definition) is 5. The highest BCUT2D eigenvalue weighted by Crippen LogP contribution is 2.37. The lowest BCUT2D eigenvalue weighted by atomic mass is 9.93. The summed E-state index contributed by atoms with van der Waals surface area (Å²) in [6.07, 6.45) is 2.53. The van der Waals surface area contributed by atoms with Crippen molar-refractivity contribution in [1.82, 2.24) is 20.0 Å². The van der Waals surface area contributed by atoms with Crippen molar-refractivity contribution in [1.29, 1.82) is 0 Å². The van der Waals surface area contributed by atoms with Gasteiger partial charge >= 0.3 is 11.9 Å². The Morgan fingerprint density at radius 1 is 0.975 bits per heavy atom. The molecule has 3 saturated heterocycles. The van der Waals surface area contributed by atoms with Gasteiger partial charge in [0.2, 0.25) is 0 Å². The summed E-state index contributed by atoms with van der Waals surface area (Å²) in [5, 5.41) is 41.5. The molecular formula is C28H40N4O8. The minimum absolute atomic E-state index is 0.0205. The van der Waals surface area contributed by atoms with Crippen molar-refractivity contribution in [2.75, 3.05) is 19.8 Å². The number of ether oxygens (including phenoxy) is 1. The van der Waals surface area contributed by atoms with Crippen molar-refractivity contribution >= 4 is 28.7 Å². The van der Waals surface area contributed by atoms with Gasteiger partial charge in [-0.1, -0.05) is 18.2 Å². The fourth-order valence-corrected chi connectivity index (χ4v) is 6.09. The second-order valence-electron chi connectivity index (χ2n) is 11.2. The van der Waals surface area contributed by atoms with Crippen LogP contribution >= 0.6 is 0 Å². The molecule has 12 heteroatoms. The van der Waals surface area contributed by atoms with Crippen molar-refractivity contribution in [2.24, 2.45) is 5.92 Å². The van der Waals surface area contributed by atoms with Gasteiger partial charge in [-0.2, -0.15) is 5.10 Å². The van der Waals surface area contributed by atoms with Crippen LogP contribution in [0.4, 0.5) is 0 Å². The first kappa shape index (κ1) is 29.9. The molecule has 4 heterocycles. The van der Waals surface area contributed by atoms with Crippen LogP contribution < -0.4 is 5.32 Å². The summed E-state index contributed by atoms with van der Waals surface area (Å²) in [7, 11) is 0. The Labute approximate surface area is 232 Å². The van der Waals surface area contributed by atoms with Crippen molar-refractivity contribution in [3.05, 3.63) is 30.0 Å². The maximum absolute atomic E-state index is 13.2. The van der Waals surface area contributed by atoms with E-state index < -0.39 is 24.1 Å². The van der Waals surface area contributed by atoms with Crippen LogP contribution in [-0.2, 0) is 14.3 Å². The van der Waals surface area contributed by atoms with Gasteiger partial charge in [0, 0.05) is 49.3 Å². The molecule has 4 unspecified atom stereocenters. The first-order chi connectivity index (χ1) is 19.1. The van der Waals surface area contributed by atoms with Gasteiger partial charge in [0.15, 0.2) is 17.9 Å². The first-order valence-electron chi connectivity index (χ1n) is 14.0. The van der Waals surface area contributed by atoms with Crippen LogP contribution in [0, 0.1) is 5.92 Å². The lowest BCUT2D eigenvalue weighted by molar-refractivity contribution is -0.165. The molecule has 0 radical (unpaired) electrons.